The molecular weight excluding hydrogens is 355 g/mol. The van der Waals surface area contributed by atoms with Crippen molar-refractivity contribution in [1.82, 2.24) is 3.11 Å². The van der Waals surface area contributed by atoms with E-state index in [0.717, 1.165) is 5.56 Å². The first-order valence-corrected chi connectivity index (χ1v) is 6.89. The molecule has 0 spiro atoms. The number of benzene rings is 1. The highest BCUT2D eigenvalue weighted by atomic mass is 127. The minimum Gasteiger partial charge on any atom is -0.444 e. The topological polar surface area (TPSA) is 53.4 Å². The SMILES string of the molecule is CC(C)C(=N)/C=C\N(I)C(=O)OCc1ccccc1. The Bertz CT molecular complexity index is 458. The number of carbonyl (C=O) groups is 1. The molecule has 0 aliphatic carbocycles. The highest BCUT2D eigenvalue weighted by molar-refractivity contribution is 14.1. The quantitative estimate of drug-likeness (QED) is 0.479. The van der Waals surface area contributed by atoms with Crippen LogP contribution in [0.2, 0.25) is 0 Å². The van der Waals surface area contributed by atoms with E-state index in [2.05, 4.69) is 0 Å². The average Bonchev–Trinajstić information content (AvgIpc) is 2.42. The number of nitrogens with zero attached hydrogens (tertiary/aromatic N) is 1. The molecule has 0 unspecified atom stereocenters. The summed E-state index contributed by atoms with van der Waals surface area (Å²) in [5, 5.41) is 7.65. The number of rotatable bonds is 5. The Kier molecular flexibility index (Phi) is 6.55. The predicted octanol–water partition coefficient (Wildman–Crippen LogP) is 4.16. The van der Waals surface area contributed by atoms with Crippen LogP contribution in [0.1, 0.15) is 19.4 Å². The molecule has 1 aromatic carbocycles. The molecule has 0 bridgehead atoms. The Morgan fingerprint density at radius 3 is 2.63 bits per heavy atom. The molecule has 4 nitrogen and oxygen atoms in total. The summed E-state index contributed by atoms with van der Waals surface area (Å²) in [4.78, 5) is 11.7. The lowest BCUT2D eigenvalue weighted by Gasteiger charge is -2.11. The summed E-state index contributed by atoms with van der Waals surface area (Å²) in [6.45, 7) is 4.10. The molecule has 0 saturated carbocycles. The predicted molar refractivity (Wildman–Crippen MR) is 84.2 cm³/mol. The Morgan fingerprint density at radius 2 is 2.05 bits per heavy atom. The molecule has 0 aliphatic rings. The third-order valence-corrected chi connectivity index (χ3v) is 3.10. The van der Waals surface area contributed by atoms with Crippen LogP contribution >= 0.6 is 22.9 Å². The lowest BCUT2D eigenvalue weighted by molar-refractivity contribution is 0.132. The summed E-state index contributed by atoms with van der Waals surface area (Å²) in [5.41, 5.74) is 1.41. The van der Waals surface area contributed by atoms with Crippen molar-refractivity contribution in [2.45, 2.75) is 20.5 Å². The maximum Gasteiger partial charge on any atom is 0.423 e. The second kappa shape index (κ2) is 7.93. The number of ether oxygens (including phenoxy) is 1. The van der Waals surface area contributed by atoms with Gasteiger partial charge in [-0.1, -0.05) is 44.2 Å². The minimum absolute atomic E-state index is 0.140. The molecular formula is C14H17IN2O2. The van der Waals surface area contributed by atoms with Crippen LogP contribution in [0, 0.1) is 11.3 Å². The fourth-order valence-corrected chi connectivity index (χ4v) is 1.48. The van der Waals surface area contributed by atoms with Gasteiger partial charge in [-0.05, 0) is 17.6 Å². The van der Waals surface area contributed by atoms with E-state index >= 15 is 0 Å². The molecule has 5 heteroatoms. The van der Waals surface area contributed by atoms with Gasteiger partial charge in [0.2, 0.25) is 0 Å². The van der Waals surface area contributed by atoms with Crippen molar-refractivity contribution in [3.05, 3.63) is 48.2 Å². The van der Waals surface area contributed by atoms with Crippen LogP contribution in [-0.4, -0.2) is 14.9 Å². The first-order chi connectivity index (χ1) is 9.00. The van der Waals surface area contributed by atoms with Gasteiger partial charge in [-0.15, -0.1) is 0 Å². The van der Waals surface area contributed by atoms with Crippen molar-refractivity contribution in [3.8, 4) is 0 Å². The number of allylic oxidation sites excluding steroid dienone is 1. The zero-order chi connectivity index (χ0) is 14.3. The zero-order valence-corrected chi connectivity index (χ0v) is 13.1. The van der Waals surface area contributed by atoms with Crippen molar-refractivity contribution in [2.75, 3.05) is 0 Å². The summed E-state index contributed by atoms with van der Waals surface area (Å²) in [5.74, 6) is 0.140. The molecule has 19 heavy (non-hydrogen) atoms. The Labute approximate surface area is 127 Å². The Morgan fingerprint density at radius 1 is 1.42 bits per heavy atom. The van der Waals surface area contributed by atoms with E-state index in [0.29, 0.717) is 5.71 Å². The van der Waals surface area contributed by atoms with Gasteiger partial charge in [-0.2, -0.15) is 0 Å². The van der Waals surface area contributed by atoms with Crippen LogP contribution in [0.5, 0.6) is 0 Å². The van der Waals surface area contributed by atoms with E-state index in [9.17, 15) is 4.79 Å². The number of hydrogen-bond acceptors (Lipinski definition) is 3. The lowest BCUT2D eigenvalue weighted by atomic mass is 10.1. The molecule has 0 radical (unpaired) electrons. The number of nitrogens with one attached hydrogen (secondary N) is 1. The largest absolute Gasteiger partial charge is 0.444 e. The van der Waals surface area contributed by atoms with E-state index in [1.54, 1.807) is 6.08 Å². The van der Waals surface area contributed by atoms with E-state index < -0.39 is 6.09 Å². The van der Waals surface area contributed by atoms with Gasteiger partial charge in [0.05, 0.1) is 22.9 Å². The van der Waals surface area contributed by atoms with Crippen LogP contribution in [-0.2, 0) is 11.3 Å². The normalized spacial score (nSPS) is 10.7. The Balaban J connectivity index is 2.43. The lowest BCUT2D eigenvalue weighted by Crippen LogP contribution is -2.17. The molecule has 1 rings (SSSR count). The van der Waals surface area contributed by atoms with Gasteiger partial charge in [-0.25, -0.2) is 7.91 Å². The summed E-state index contributed by atoms with van der Waals surface area (Å²) >= 11 is 1.84. The second-order valence-electron chi connectivity index (χ2n) is 4.28. The van der Waals surface area contributed by atoms with Gasteiger partial charge in [0.1, 0.15) is 6.61 Å². The molecule has 1 N–H and O–H groups in total. The average molecular weight is 372 g/mol. The van der Waals surface area contributed by atoms with Gasteiger partial charge in [0.25, 0.3) is 0 Å². The van der Waals surface area contributed by atoms with Crippen molar-refractivity contribution >= 4 is 34.7 Å². The molecule has 102 valence electrons. The van der Waals surface area contributed by atoms with E-state index in [-0.39, 0.29) is 12.5 Å². The van der Waals surface area contributed by atoms with Gasteiger partial charge in [0, 0.05) is 11.9 Å². The van der Waals surface area contributed by atoms with Crippen LogP contribution in [0.15, 0.2) is 42.6 Å². The highest BCUT2D eigenvalue weighted by Gasteiger charge is 2.09. The van der Waals surface area contributed by atoms with E-state index in [4.69, 9.17) is 10.1 Å². The first kappa shape index (κ1) is 15.7. The van der Waals surface area contributed by atoms with Gasteiger partial charge < -0.3 is 10.1 Å². The zero-order valence-electron chi connectivity index (χ0n) is 11.0. The second-order valence-corrected chi connectivity index (χ2v) is 5.32. The van der Waals surface area contributed by atoms with E-state index in [1.807, 2.05) is 67.0 Å². The summed E-state index contributed by atoms with van der Waals surface area (Å²) < 4.78 is 6.44. The van der Waals surface area contributed by atoms with Crippen molar-refractivity contribution in [3.63, 3.8) is 0 Å². The maximum atomic E-state index is 11.7. The number of carbonyl (C=O) groups excluding carboxylic acids is 1. The highest BCUT2D eigenvalue weighted by Crippen LogP contribution is 2.08. The molecule has 1 amide bonds. The van der Waals surface area contributed by atoms with Crippen LogP contribution in [0.3, 0.4) is 0 Å². The summed E-state index contributed by atoms with van der Waals surface area (Å²) in [7, 11) is 0. The monoisotopic (exact) mass is 372 g/mol. The summed E-state index contributed by atoms with van der Waals surface area (Å²) in [6.07, 6.45) is 2.69. The maximum absolute atomic E-state index is 11.7. The molecule has 0 aliphatic heterocycles. The fraction of sp³-hybridized carbons (Fsp3) is 0.286. The molecule has 1 aromatic rings. The smallest absolute Gasteiger partial charge is 0.423 e. The first-order valence-electron chi connectivity index (χ1n) is 5.93. The van der Waals surface area contributed by atoms with Crippen LogP contribution in [0.25, 0.3) is 0 Å². The number of hydrogen-bond donors (Lipinski definition) is 1. The van der Waals surface area contributed by atoms with E-state index in [1.165, 1.54) is 9.31 Å². The molecule has 0 atom stereocenters. The van der Waals surface area contributed by atoms with Crippen LogP contribution < -0.4 is 0 Å². The molecule has 0 fully saturated rings. The van der Waals surface area contributed by atoms with Crippen molar-refractivity contribution in [2.24, 2.45) is 5.92 Å². The third kappa shape index (κ3) is 5.87. The van der Waals surface area contributed by atoms with Crippen molar-refractivity contribution in [1.29, 1.82) is 5.41 Å². The fourth-order valence-electron chi connectivity index (χ4n) is 1.18. The number of amides is 1. The van der Waals surface area contributed by atoms with Gasteiger partial charge in [0.15, 0.2) is 0 Å². The van der Waals surface area contributed by atoms with Crippen molar-refractivity contribution < 1.29 is 9.53 Å². The van der Waals surface area contributed by atoms with Gasteiger partial charge >= 0.3 is 6.09 Å². The minimum atomic E-state index is -0.447. The van der Waals surface area contributed by atoms with Crippen LogP contribution in [0.4, 0.5) is 4.79 Å². The molecule has 0 saturated heterocycles. The molecule has 0 heterocycles. The Hall–Kier alpha value is -1.37. The van der Waals surface area contributed by atoms with Gasteiger partial charge in [-0.3, -0.25) is 0 Å². The summed E-state index contributed by atoms with van der Waals surface area (Å²) in [6, 6.07) is 9.50. The standard InChI is InChI=1S/C14H17IN2O2/c1-11(2)13(16)8-9-17(15)14(18)19-10-12-6-4-3-5-7-12/h3-9,11,16H,10H2,1-2H3/b9-8-,16-13?. The third-order valence-electron chi connectivity index (χ3n) is 2.39. The molecule has 0 aromatic heterocycles. The number of halogens is 1.